The number of benzene rings is 2. The molecule has 0 radical (unpaired) electrons. The molecule has 4 N–H and O–H groups in total. The summed E-state index contributed by atoms with van der Waals surface area (Å²) in [5.41, 5.74) is 6.35. The third-order valence-corrected chi connectivity index (χ3v) is 4.42. The lowest BCUT2D eigenvalue weighted by molar-refractivity contribution is -0.0435. The highest BCUT2D eigenvalue weighted by atomic mass is 32.2. The van der Waals surface area contributed by atoms with Crippen molar-refractivity contribution in [2.75, 3.05) is 11.5 Å². The molecule has 0 aliphatic heterocycles. The summed E-state index contributed by atoms with van der Waals surface area (Å²) in [6, 6.07) is 9.01. The maximum Gasteiger partial charge on any atom is 0.501 e. The SMILES string of the molecule is Nc1ccc(-c2ccccc2S(=O)(=O)C(F)(F)F)cc1N. The first-order chi connectivity index (χ1) is 9.64. The van der Waals surface area contributed by atoms with Gasteiger partial charge in [0, 0.05) is 5.56 Å². The van der Waals surface area contributed by atoms with Gasteiger partial charge >= 0.3 is 5.51 Å². The van der Waals surface area contributed by atoms with Crippen LogP contribution in [-0.4, -0.2) is 13.9 Å². The van der Waals surface area contributed by atoms with E-state index < -0.39 is 20.2 Å². The fourth-order valence-electron chi connectivity index (χ4n) is 1.81. The summed E-state index contributed by atoms with van der Waals surface area (Å²) in [7, 11) is -5.45. The second kappa shape index (κ2) is 4.96. The predicted octanol–water partition coefficient (Wildman–Crippen LogP) is 2.81. The van der Waals surface area contributed by atoms with Gasteiger partial charge in [0.05, 0.1) is 16.3 Å². The van der Waals surface area contributed by atoms with Gasteiger partial charge in [-0.2, -0.15) is 13.2 Å². The van der Waals surface area contributed by atoms with E-state index in [1.807, 2.05) is 0 Å². The molecule has 0 aliphatic rings. The molecule has 0 amide bonds. The van der Waals surface area contributed by atoms with Crippen LogP contribution in [0.2, 0.25) is 0 Å². The number of nitrogen functional groups attached to an aromatic ring is 2. The van der Waals surface area contributed by atoms with Crippen LogP contribution >= 0.6 is 0 Å². The van der Waals surface area contributed by atoms with E-state index in [4.69, 9.17) is 11.5 Å². The Morgan fingerprint density at radius 1 is 0.905 bits per heavy atom. The monoisotopic (exact) mass is 316 g/mol. The summed E-state index contributed by atoms with van der Waals surface area (Å²) in [6.45, 7) is 0. The van der Waals surface area contributed by atoms with Crippen LogP contribution in [0.1, 0.15) is 0 Å². The number of halogens is 3. The Morgan fingerprint density at radius 2 is 1.52 bits per heavy atom. The summed E-state index contributed by atoms with van der Waals surface area (Å²) in [5.74, 6) is 0. The molecule has 112 valence electrons. The van der Waals surface area contributed by atoms with Crippen LogP contribution in [0.25, 0.3) is 11.1 Å². The standard InChI is InChI=1S/C13H11F3N2O2S/c14-13(15,16)21(19,20)12-4-2-1-3-9(12)8-5-6-10(17)11(18)7-8/h1-7H,17-18H2. The Hall–Kier alpha value is -2.22. The lowest BCUT2D eigenvalue weighted by Crippen LogP contribution is -2.23. The van der Waals surface area contributed by atoms with E-state index >= 15 is 0 Å². The first-order valence-corrected chi connectivity index (χ1v) is 7.18. The normalized spacial score (nSPS) is 12.3. The molecule has 2 aromatic rings. The van der Waals surface area contributed by atoms with Crippen LogP contribution in [0.5, 0.6) is 0 Å². The summed E-state index contributed by atoms with van der Waals surface area (Å²) >= 11 is 0. The van der Waals surface area contributed by atoms with Crippen molar-refractivity contribution in [3.05, 3.63) is 42.5 Å². The van der Waals surface area contributed by atoms with Crippen molar-refractivity contribution in [3.63, 3.8) is 0 Å². The van der Waals surface area contributed by atoms with Gasteiger partial charge < -0.3 is 11.5 Å². The molecule has 21 heavy (non-hydrogen) atoms. The average Bonchev–Trinajstić information content (AvgIpc) is 2.40. The maximum atomic E-state index is 12.7. The Morgan fingerprint density at radius 3 is 2.10 bits per heavy atom. The highest BCUT2D eigenvalue weighted by Crippen LogP contribution is 2.37. The van der Waals surface area contributed by atoms with Crippen LogP contribution in [0.3, 0.4) is 0 Å². The first kappa shape index (κ1) is 15.2. The zero-order valence-electron chi connectivity index (χ0n) is 10.6. The van der Waals surface area contributed by atoms with Crippen molar-refractivity contribution in [1.82, 2.24) is 0 Å². The smallest absolute Gasteiger partial charge is 0.397 e. The molecular formula is C13H11F3N2O2S. The van der Waals surface area contributed by atoms with Gasteiger partial charge in [-0.1, -0.05) is 24.3 Å². The topological polar surface area (TPSA) is 86.2 Å². The van der Waals surface area contributed by atoms with Crippen molar-refractivity contribution >= 4 is 21.2 Å². The van der Waals surface area contributed by atoms with Gasteiger partial charge in [0.25, 0.3) is 9.84 Å². The van der Waals surface area contributed by atoms with Crippen molar-refractivity contribution in [2.24, 2.45) is 0 Å². The van der Waals surface area contributed by atoms with Crippen LogP contribution in [-0.2, 0) is 9.84 Å². The zero-order valence-corrected chi connectivity index (χ0v) is 11.4. The Bertz CT molecular complexity index is 786. The number of hydrogen-bond acceptors (Lipinski definition) is 4. The third kappa shape index (κ3) is 2.66. The largest absolute Gasteiger partial charge is 0.501 e. The number of rotatable bonds is 2. The summed E-state index contributed by atoms with van der Waals surface area (Å²) in [4.78, 5) is -0.818. The van der Waals surface area contributed by atoms with E-state index in [1.165, 1.54) is 36.4 Å². The fourth-order valence-corrected chi connectivity index (χ4v) is 2.79. The lowest BCUT2D eigenvalue weighted by Gasteiger charge is -2.13. The van der Waals surface area contributed by atoms with Gasteiger partial charge in [-0.15, -0.1) is 0 Å². The van der Waals surface area contributed by atoms with Gasteiger partial charge in [-0.3, -0.25) is 0 Å². The van der Waals surface area contributed by atoms with Crippen LogP contribution in [0.4, 0.5) is 24.5 Å². The summed E-state index contributed by atoms with van der Waals surface area (Å²) < 4.78 is 61.4. The molecule has 0 aromatic heterocycles. The molecule has 0 unspecified atom stereocenters. The Kier molecular flexibility index (Phi) is 3.58. The molecular weight excluding hydrogens is 305 g/mol. The van der Waals surface area contributed by atoms with Gasteiger partial charge in [-0.25, -0.2) is 8.42 Å². The first-order valence-electron chi connectivity index (χ1n) is 5.70. The summed E-state index contributed by atoms with van der Waals surface area (Å²) in [6.07, 6.45) is 0. The molecule has 8 heteroatoms. The third-order valence-electron chi connectivity index (χ3n) is 2.88. The van der Waals surface area contributed by atoms with E-state index in [0.717, 1.165) is 6.07 Å². The molecule has 0 atom stereocenters. The number of sulfone groups is 1. The molecule has 2 rings (SSSR count). The molecule has 0 aliphatic carbocycles. The van der Waals surface area contributed by atoms with Gasteiger partial charge in [-0.05, 0) is 23.8 Å². The number of nitrogens with two attached hydrogens (primary N) is 2. The second-order valence-electron chi connectivity index (χ2n) is 4.29. The molecule has 0 saturated carbocycles. The number of anilines is 2. The van der Waals surface area contributed by atoms with Crippen LogP contribution < -0.4 is 11.5 Å². The summed E-state index contributed by atoms with van der Waals surface area (Å²) in [5, 5.41) is 0. The van der Waals surface area contributed by atoms with Gasteiger partial charge in [0.15, 0.2) is 0 Å². The van der Waals surface area contributed by atoms with Crippen molar-refractivity contribution in [2.45, 2.75) is 10.4 Å². The Balaban J connectivity index is 2.70. The number of hydrogen-bond donors (Lipinski definition) is 2. The maximum absolute atomic E-state index is 12.7. The minimum Gasteiger partial charge on any atom is -0.397 e. The van der Waals surface area contributed by atoms with E-state index in [9.17, 15) is 21.6 Å². The molecule has 0 bridgehead atoms. The second-order valence-corrected chi connectivity index (χ2v) is 6.20. The van der Waals surface area contributed by atoms with E-state index in [-0.39, 0.29) is 22.5 Å². The highest BCUT2D eigenvalue weighted by Gasteiger charge is 2.47. The lowest BCUT2D eigenvalue weighted by atomic mass is 10.0. The molecule has 0 saturated heterocycles. The van der Waals surface area contributed by atoms with E-state index in [0.29, 0.717) is 0 Å². The molecule has 0 heterocycles. The minimum absolute atomic E-state index is 0.0819. The zero-order chi connectivity index (χ0) is 15.8. The van der Waals surface area contributed by atoms with Gasteiger partial charge in [0.2, 0.25) is 0 Å². The van der Waals surface area contributed by atoms with Crippen LogP contribution in [0.15, 0.2) is 47.4 Å². The van der Waals surface area contributed by atoms with Crippen molar-refractivity contribution < 1.29 is 21.6 Å². The van der Waals surface area contributed by atoms with Crippen molar-refractivity contribution in [1.29, 1.82) is 0 Å². The molecule has 0 fully saturated rings. The fraction of sp³-hybridized carbons (Fsp3) is 0.0769. The van der Waals surface area contributed by atoms with E-state index in [2.05, 4.69) is 0 Å². The Labute approximate surface area is 119 Å². The van der Waals surface area contributed by atoms with Crippen molar-refractivity contribution in [3.8, 4) is 11.1 Å². The molecule has 2 aromatic carbocycles. The minimum atomic E-state index is -5.45. The number of alkyl halides is 3. The highest BCUT2D eigenvalue weighted by molar-refractivity contribution is 7.92. The van der Waals surface area contributed by atoms with E-state index in [1.54, 1.807) is 0 Å². The molecule has 4 nitrogen and oxygen atoms in total. The molecule has 0 spiro atoms. The quantitative estimate of drug-likeness (QED) is 0.834. The van der Waals surface area contributed by atoms with Crippen LogP contribution in [0, 0.1) is 0 Å². The van der Waals surface area contributed by atoms with Gasteiger partial charge in [0.1, 0.15) is 0 Å². The average molecular weight is 316 g/mol. The predicted molar refractivity (Wildman–Crippen MR) is 73.9 cm³/mol.